The molecule has 3 N–H and O–H groups in total. The highest BCUT2D eigenvalue weighted by molar-refractivity contribution is 7.47. The zero-order chi connectivity index (χ0) is 74.6. The average molecular weight is 1480 g/mol. The Balaban J connectivity index is 5.42. The summed E-state index contributed by atoms with van der Waals surface area (Å²) < 4.78 is 68.6. The van der Waals surface area contributed by atoms with Crippen LogP contribution in [0.5, 0.6) is 0 Å². The van der Waals surface area contributed by atoms with E-state index in [2.05, 4.69) is 113 Å². The van der Waals surface area contributed by atoms with Crippen LogP contribution in [-0.4, -0.2) is 96.7 Å². The lowest BCUT2D eigenvalue weighted by atomic mass is 10.1. The normalized spacial score (nSPS) is 14.4. The number of carbonyl (C=O) groups is 4. The maximum Gasteiger partial charge on any atom is 0.472 e. The molecule has 0 saturated heterocycles. The van der Waals surface area contributed by atoms with Gasteiger partial charge in [0.15, 0.2) is 12.2 Å². The van der Waals surface area contributed by atoms with Gasteiger partial charge in [0.05, 0.1) is 26.4 Å². The number of carbonyl (C=O) groups excluding carboxylic acids is 4. The zero-order valence-electron chi connectivity index (χ0n) is 64.5. The van der Waals surface area contributed by atoms with E-state index in [1.54, 1.807) is 0 Å². The minimum absolute atomic E-state index is 0.0735. The SMILES string of the molecule is CCCCC/C=C\C/C=C\C/C=C\C/C=C\CCCC(=O)OC[C@H](COP(=O)(O)OC[C@H](O)COP(=O)(O)OC[C@@H](COC(=O)CCCCCCC/C=C\CCCCCCCC)OC(=O)CCCCCCC/C=C\C/C=C\CCCCC)OC(=O)CCCCCCC/C=C\CCCCCCCC. The Morgan fingerprint density at radius 2 is 0.490 bits per heavy atom. The van der Waals surface area contributed by atoms with Crippen LogP contribution in [0.4, 0.5) is 0 Å². The van der Waals surface area contributed by atoms with Gasteiger partial charge in [-0.15, -0.1) is 0 Å². The summed E-state index contributed by atoms with van der Waals surface area (Å²) >= 11 is 0. The first-order valence-electron chi connectivity index (χ1n) is 40.5. The number of phosphoric acid groups is 2. The quantitative estimate of drug-likeness (QED) is 0.0169. The molecule has 0 bridgehead atoms. The standard InChI is InChI=1S/C83H146O17P2/c1-5-9-13-17-21-25-29-33-37-38-42-44-48-52-56-60-64-68-81(86)94-74-79(100-83(88)70-66-62-58-54-50-46-41-36-32-28-24-20-16-12-8-4)76-98-102(91,92)96-72-77(84)71-95-101(89,90)97-75-78(99-82(87)69-65-61-57-53-49-45-40-35-31-27-23-19-15-11-7-3)73-93-80(85)67-63-59-55-51-47-43-39-34-30-26-22-18-14-10-6-2/h21,23,25,27,33-37,39-42,44,52,56,77-79,84H,5-20,22,24,26,28-32,38,43,45-51,53-55,57-76H2,1-4H3,(H,89,90)(H,91,92)/b25-21-,27-23-,37-33-,39-34-,40-35-,41-36-,44-42-,56-52-/t77-,78-,79-/m1/s1. The van der Waals surface area contributed by atoms with E-state index in [1.807, 2.05) is 12.2 Å². The van der Waals surface area contributed by atoms with Crippen molar-refractivity contribution in [3.05, 3.63) is 97.2 Å². The summed E-state index contributed by atoms with van der Waals surface area (Å²) in [6.07, 6.45) is 79.6. The second-order valence-corrected chi connectivity index (χ2v) is 29.9. The molecule has 0 radical (unpaired) electrons. The Labute approximate surface area is 620 Å². The van der Waals surface area contributed by atoms with Crippen molar-refractivity contribution in [1.82, 2.24) is 0 Å². The molecule has 0 fully saturated rings. The number of allylic oxidation sites excluding steroid dienone is 16. The van der Waals surface area contributed by atoms with Crippen LogP contribution in [0.3, 0.4) is 0 Å². The molecule has 0 saturated carbocycles. The van der Waals surface area contributed by atoms with Crippen LogP contribution in [-0.2, 0) is 65.4 Å². The summed E-state index contributed by atoms with van der Waals surface area (Å²) in [4.78, 5) is 73.0. The van der Waals surface area contributed by atoms with E-state index in [-0.39, 0.29) is 25.7 Å². The lowest BCUT2D eigenvalue weighted by Crippen LogP contribution is -2.30. The molecule has 0 heterocycles. The van der Waals surface area contributed by atoms with Crippen molar-refractivity contribution in [3.63, 3.8) is 0 Å². The summed E-state index contributed by atoms with van der Waals surface area (Å²) in [5.41, 5.74) is 0. The molecule has 0 aliphatic rings. The van der Waals surface area contributed by atoms with Gasteiger partial charge in [-0.25, -0.2) is 9.13 Å². The largest absolute Gasteiger partial charge is 0.472 e. The van der Waals surface area contributed by atoms with Crippen molar-refractivity contribution in [2.24, 2.45) is 0 Å². The van der Waals surface area contributed by atoms with Crippen LogP contribution in [0.25, 0.3) is 0 Å². The Bertz CT molecular complexity index is 2310. The van der Waals surface area contributed by atoms with Gasteiger partial charge in [0.25, 0.3) is 0 Å². The predicted octanol–water partition coefficient (Wildman–Crippen LogP) is 23.6. The first kappa shape index (κ1) is 98.0. The lowest BCUT2D eigenvalue weighted by Gasteiger charge is -2.21. The molecule has 0 aromatic carbocycles. The number of aliphatic hydroxyl groups excluding tert-OH is 1. The molecule has 5 atom stereocenters. The van der Waals surface area contributed by atoms with Crippen LogP contribution >= 0.6 is 15.6 Å². The van der Waals surface area contributed by atoms with Crippen LogP contribution in [0.1, 0.15) is 349 Å². The van der Waals surface area contributed by atoms with Gasteiger partial charge < -0.3 is 33.8 Å². The van der Waals surface area contributed by atoms with E-state index in [4.69, 9.17) is 37.0 Å². The van der Waals surface area contributed by atoms with Crippen LogP contribution in [0.2, 0.25) is 0 Å². The van der Waals surface area contributed by atoms with Crippen molar-refractivity contribution < 1.29 is 80.2 Å². The fourth-order valence-electron chi connectivity index (χ4n) is 10.8. The maximum atomic E-state index is 13.1. The number of ether oxygens (including phenoxy) is 4. The molecule has 590 valence electrons. The van der Waals surface area contributed by atoms with Crippen LogP contribution in [0.15, 0.2) is 97.2 Å². The minimum Gasteiger partial charge on any atom is -0.462 e. The highest BCUT2D eigenvalue weighted by atomic mass is 31.2. The Kier molecular flexibility index (Phi) is 72.3. The van der Waals surface area contributed by atoms with Gasteiger partial charge in [-0.2, -0.15) is 0 Å². The van der Waals surface area contributed by atoms with E-state index in [1.165, 1.54) is 116 Å². The van der Waals surface area contributed by atoms with Crippen LogP contribution in [0, 0.1) is 0 Å². The van der Waals surface area contributed by atoms with E-state index in [9.17, 15) is 43.2 Å². The van der Waals surface area contributed by atoms with Crippen molar-refractivity contribution in [3.8, 4) is 0 Å². The molecule has 0 aromatic heterocycles. The Morgan fingerprint density at radius 1 is 0.275 bits per heavy atom. The highest BCUT2D eigenvalue weighted by Gasteiger charge is 2.30. The van der Waals surface area contributed by atoms with Crippen molar-refractivity contribution >= 4 is 39.5 Å². The van der Waals surface area contributed by atoms with Gasteiger partial charge in [-0.1, -0.05) is 273 Å². The number of hydrogen-bond donors (Lipinski definition) is 3. The third-order valence-corrected chi connectivity index (χ3v) is 18.9. The second-order valence-electron chi connectivity index (χ2n) is 27.0. The van der Waals surface area contributed by atoms with Gasteiger partial charge in [-0.3, -0.25) is 37.3 Å². The van der Waals surface area contributed by atoms with E-state index in [0.717, 1.165) is 148 Å². The average Bonchev–Trinajstić information content (AvgIpc) is 0.923. The van der Waals surface area contributed by atoms with Crippen LogP contribution < -0.4 is 0 Å². The molecular formula is C83H146O17P2. The maximum absolute atomic E-state index is 13.1. The fourth-order valence-corrected chi connectivity index (χ4v) is 12.3. The summed E-state index contributed by atoms with van der Waals surface area (Å²) in [7, 11) is -9.97. The molecule has 2 unspecified atom stereocenters. The Morgan fingerprint density at radius 3 is 0.804 bits per heavy atom. The first-order chi connectivity index (χ1) is 49.7. The smallest absolute Gasteiger partial charge is 0.462 e. The molecule has 0 amide bonds. The number of unbranched alkanes of at least 4 members (excludes halogenated alkanes) is 34. The molecule has 0 aromatic rings. The van der Waals surface area contributed by atoms with E-state index >= 15 is 0 Å². The predicted molar refractivity (Wildman–Crippen MR) is 418 cm³/mol. The monoisotopic (exact) mass is 1480 g/mol. The highest BCUT2D eigenvalue weighted by Crippen LogP contribution is 2.45. The third-order valence-electron chi connectivity index (χ3n) is 17.0. The molecular weight excluding hydrogens is 1330 g/mol. The van der Waals surface area contributed by atoms with Gasteiger partial charge >= 0.3 is 39.5 Å². The minimum atomic E-state index is -4.99. The third kappa shape index (κ3) is 74.3. The van der Waals surface area contributed by atoms with Gasteiger partial charge in [0.2, 0.25) is 0 Å². The van der Waals surface area contributed by atoms with Crippen molar-refractivity contribution in [1.29, 1.82) is 0 Å². The number of rotatable bonds is 76. The summed E-state index contributed by atoms with van der Waals surface area (Å²) in [5.74, 6) is -2.26. The zero-order valence-corrected chi connectivity index (χ0v) is 66.3. The van der Waals surface area contributed by atoms with E-state index < -0.39 is 97.5 Å². The summed E-state index contributed by atoms with van der Waals surface area (Å²) in [5, 5.41) is 10.6. The van der Waals surface area contributed by atoms with E-state index in [0.29, 0.717) is 32.1 Å². The molecule has 17 nitrogen and oxygen atoms in total. The van der Waals surface area contributed by atoms with Gasteiger partial charge in [0, 0.05) is 25.7 Å². The molecule has 102 heavy (non-hydrogen) atoms. The Hall–Kier alpha value is -4.02. The fraction of sp³-hybridized carbons (Fsp3) is 0.759. The number of esters is 4. The number of aliphatic hydroxyl groups is 1. The number of phosphoric ester groups is 2. The summed E-state index contributed by atoms with van der Waals surface area (Å²) in [6.45, 7) is 4.75. The van der Waals surface area contributed by atoms with Crippen molar-refractivity contribution in [2.45, 2.75) is 367 Å². The second kappa shape index (κ2) is 75.2. The topological polar surface area (TPSA) is 237 Å². The summed E-state index contributed by atoms with van der Waals surface area (Å²) in [6, 6.07) is 0. The lowest BCUT2D eigenvalue weighted by molar-refractivity contribution is -0.161. The molecule has 19 heteroatoms. The molecule has 0 aliphatic heterocycles. The molecule has 0 rings (SSSR count). The van der Waals surface area contributed by atoms with Gasteiger partial charge in [-0.05, 0) is 148 Å². The first-order valence-corrected chi connectivity index (χ1v) is 43.5. The van der Waals surface area contributed by atoms with Gasteiger partial charge in [0.1, 0.15) is 19.3 Å². The molecule has 0 aliphatic carbocycles. The van der Waals surface area contributed by atoms with Crippen molar-refractivity contribution in [2.75, 3.05) is 39.6 Å². The number of hydrogen-bond acceptors (Lipinski definition) is 15. The molecule has 0 spiro atoms.